The number of benzene rings is 1. The Balaban J connectivity index is 1.77. The van der Waals surface area contributed by atoms with Crippen LogP contribution in [0.3, 0.4) is 0 Å². The molecule has 0 spiro atoms. The van der Waals surface area contributed by atoms with Crippen LogP contribution >= 0.6 is 0 Å². The van der Waals surface area contributed by atoms with Crippen LogP contribution in [0.15, 0.2) is 24.3 Å². The summed E-state index contributed by atoms with van der Waals surface area (Å²) in [5.74, 6) is 0.524. The molecule has 3 rings (SSSR count). The van der Waals surface area contributed by atoms with Crippen molar-refractivity contribution in [3.8, 4) is 0 Å². The highest BCUT2D eigenvalue weighted by Crippen LogP contribution is 2.16. The minimum atomic E-state index is -0.0938. The van der Waals surface area contributed by atoms with Crippen molar-refractivity contribution in [3.63, 3.8) is 0 Å². The molecule has 3 N–H and O–H groups in total. The van der Waals surface area contributed by atoms with E-state index in [1.54, 1.807) is 4.52 Å². The first kappa shape index (κ1) is 16.9. The summed E-state index contributed by atoms with van der Waals surface area (Å²) in [5.41, 5.74) is 10.1. The van der Waals surface area contributed by atoms with Gasteiger partial charge in [-0.3, -0.25) is 4.79 Å². The maximum absolute atomic E-state index is 12.4. The summed E-state index contributed by atoms with van der Waals surface area (Å²) in [6.07, 6.45) is 2.36. The number of nitrogens with two attached hydrogens (primary N) is 1. The molecular formula is C18H22N6O. The Labute approximate surface area is 146 Å². The zero-order chi connectivity index (χ0) is 18.0. The molecule has 0 aliphatic carbocycles. The highest BCUT2D eigenvalue weighted by atomic mass is 16.1. The molecule has 0 fully saturated rings. The molecule has 130 valence electrons. The molecule has 0 aliphatic heterocycles. The van der Waals surface area contributed by atoms with Gasteiger partial charge < -0.3 is 11.1 Å². The Hall–Kier alpha value is -2.96. The van der Waals surface area contributed by atoms with Crippen molar-refractivity contribution in [1.82, 2.24) is 19.6 Å². The normalized spacial score (nSPS) is 11.0. The van der Waals surface area contributed by atoms with E-state index in [0.717, 1.165) is 35.5 Å². The fourth-order valence-corrected chi connectivity index (χ4v) is 2.89. The molecule has 0 radical (unpaired) electrons. The summed E-state index contributed by atoms with van der Waals surface area (Å²) >= 11 is 0. The van der Waals surface area contributed by atoms with Gasteiger partial charge in [-0.2, -0.15) is 9.50 Å². The van der Waals surface area contributed by atoms with Crippen LogP contribution in [0.5, 0.6) is 0 Å². The van der Waals surface area contributed by atoms with E-state index in [1.807, 2.05) is 38.1 Å². The lowest BCUT2D eigenvalue weighted by Gasteiger charge is -2.11. The van der Waals surface area contributed by atoms with Crippen LogP contribution in [-0.4, -0.2) is 25.5 Å². The molecule has 7 heteroatoms. The van der Waals surface area contributed by atoms with Gasteiger partial charge in [0.25, 0.3) is 5.78 Å². The Bertz CT molecular complexity index is 913. The third-order valence-electron chi connectivity index (χ3n) is 4.18. The minimum Gasteiger partial charge on any atom is -0.366 e. The van der Waals surface area contributed by atoms with Crippen LogP contribution in [0.2, 0.25) is 0 Å². The third-order valence-corrected chi connectivity index (χ3v) is 4.18. The maximum Gasteiger partial charge on any atom is 0.254 e. The Morgan fingerprint density at radius 2 is 1.92 bits per heavy atom. The second kappa shape index (κ2) is 6.88. The zero-order valence-electron chi connectivity index (χ0n) is 14.7. The Kier molecular flexibility index (Phi) is 4.65. The van der Waals surface area contributed by atoms with E-state index in [4.69, 9.17) is 5.73 Å². The molecule has 0 atom stereocenters. The predicted molar refractivity (Wildman–Crippen MR) is 97.4 cm³/mol. The number of hydrogen-bond acceptors (Lipinski definition) is 5. The van der Waals surface area contributed by atoms with Gasteiger partial charge in [0.2, 0.25) is 11.9 Å². The van der Waals surface area contributed by atoms with E-state index >= 15 is 0 Å². The largest absolute Gasteiger partial charge is 0.366 e. The molecule has 7 nitrogen and oxygen atoms in total. The molecule has 0 saturated carbocycles. The number of carbonyl (C=O) groups excluding carboxylic acids is 1. The van der Waals surface area contributed by atoms with Gasteiger partial charge in [-0.15, -0.1) is 5.10 Å². The monoisotopic (exact) mass is 338 g/mol. The number of anilines is 2. The highest BCUT2D eigenvalue weighted by Gasteiger charge is 2.15. The standard InChI is InChI=1S/C18H22N6O/c1-4-5-13-6-8-14(9-7-13)21-16(25)10-15-11(2)20-18-22-17(19)23-24(18)12(15)3/h6-9H,4-5,10H2,1-3H3,(H2,19,23)(H,21,25). The summed E-state index contributed by atoms with van der Waals surface area (Å²) < 4.78 is 1.57. The molecule has 1 amide bonds. The van der Waals surface area contributed by atoms with Gasteiger partial charge in [-0.05, 0) is 38.0 Å². The molecule has 2 heterocycles. The fraction of sp³-hybridized carbons (Fsp3) is 0.333. The van der Waals surface area contributed by atoms with Crippen molar-refractivity contribution in [2.75, 3.05) is 11.1 Å². The van der Waals surface area contributed by atoms with E-state index in [9.17, 15) is 4.79 Å². The quantitative estimate of drug-likeness (QED) is 0.744. The van der Waals surface area contributed by atoms with Gasteiger partial charge in [0.1, 0.15) is 0 Å². The van der Waals surface area contributed by atoms with E-state index in [2.05, 4.69) is 27.3 Å². The van der Waals surface area contributed by atoms with Crippen LogP contribution in [-0.2, 0) is 17.6 Å². The lowest BCUT2D eigenvalue weighted by Crippen LogP contribution is -2.17. The van der Waals surface area contributed by atoms with Crippen LogP contribution < -0.4 is 11.1 Å². The van der Waals surface area contributed by atoms with Gasteiger partial charge in [-0.1, -0.05) is 25.5 Å². The van der Waals surface area contributed by atoms with Gasteiger partial charge in [0.05, 0.1) is 6.42 Å². The van der Waals surface area contributed by atoms with Crippen molar-refractivity contribution in [2.45, 2.75) is 40.0 Å². The molecule has 25 heavy (non-hydrogen) atoms. The van der Waals surface area contributed by atoms with Gasteiger partial charge >= 0.3 is 0 Å². The smallest absolute Gasteiger partial charge is 0.254 e. The van der Waals surface area contributed by atoms with Crippen molar-refractivity contribution in [3.05, 3.63) is 46.8 Å². The number of nitrogens with one attached hydrogen (secondary N) is 1. The Morgan fingerprint density at radius 1 is 1.20 bits per heavy atom. The van der Waals surface area contributed by atoms with Crippen LogP contribution in [0.25, 0.3) is 5.78 Å². The first-order valence-electron chi connectivity index (χ1n) is 8.35. The van der Waals surface area contributed by atoms with Crippen molar-refractivity contribution >= 4 is 23.3 Å². The van der Waals surface area contributed by atoms with Crippen molar-refractivity contribution in [2.24, 2.45) is 0 Å². The van der Waals surface area contributed by atoms with E-state index in [1.165, 1.54) is 5.56 Å². The summed E-state index contributed by atoms with van der Waals surface area (Å²) in [7, 11) is 0. The number of aromatic nitrogens is 4. The van der Waals surface area contributed by atoms with Crippen molar-refractivity contribution < 1.29 is 4.79 Å². The summed E-state index contributed by atoms with van der Waals surface area (Å²) in [6, 6.07) is 7.95. The fourth-order valence-electron chi connectivity index (χ4n) is 2.89. The first-order valence-corrected chi connectivity index (χ1v) is 8.35. The topological polar surface area (TPSA) is 98.2 Å². The number of amides is 1. The lowest BCUT2D eigenvalue weighted by atomic mass is 10.1. The van der Waals surface area contributed by atoms with Crippen LogP contribution in [0, 0.1) is 13.8 Å². The SMILES string of the molecule is CCCc1ccc(NC(=O)Cc2c(C)nc3nc(N)nn3c2C)cc1. The average Bonchev–Trinajstić information content (AvgIpc) is 2.94. The van der Waals surface area contributed by atoms with Crippen molar-refractivity contribution in [1.29, 1.82) is 0 Å². The number of aryl methyl sites for hydroxylation is 3. The molecule has 0 bridgehead atoms. The molecule has 3 aromatic rings. The van der Waals surface area contributed by atoms with E-state index in [0.29, 0.717) is 5.78 Å². The van der Waals surface area contributed by atoms with Gasteiger partial charge in [0.15, 0.2) is 0 Å². The summed E-state index contributed by atoms with van der Waals surface area (Å²) in [6.45, 7) is 5.89. The van der Waals surface area contributed by atoms with Crippen LogP contribution in [0.4, 0.5) is 11.6 Å². The number of nitrogens with zero attached hydrogens (tertiary/aromatic N) is 4. The highest BCUT2D eigenvalue weighted by molar-refractivity contribution is 5.92. The summed E-state index contributed by atoms with van der Waals surface area (Å²) in [5, 5.41) is 7.05. The number of fused-ring (bicyclic) bond motifs is 1. The predicted octanol–water partition coefficient (Wildman–Crippen LogP) is 2.46. The van der Waals surface area contributed by atoms with Crippen LogP contribution in [0.1, 0.15) is 35.9 Å². The maximum atomic E-state index is 12.4. The van der Waals surface area contributed by atoms with E-state index in [-0.39, 0.29) is 18.3 Å². The second-order valence-electron chi connectivity index (χ2n) is 6.11. The number of hydrogen-bond donors (Lipinski definition) is 2. The first-order chi connectivity index (χ1) is 12.0. The zero-order valence-corrected chi connectivity index (χ0v) is 14.7. The number of carbonyl (C=O) groups is 1. The molecule has 0 unspecified atom stereocenters. The third kappa shape index (κ3) is 3.60. The molecular weight excluding hydrogens is 316 g/mol. The minimum absolute atomic E-state index is 0.0938. The second-order valence-corrected chi connectivity index (χ2v) is 6.11. The van der Waals surface area contributed by atoms with Gasteiger partial charge in [-0.25, -0.2) is 4.98 Å². The lowest BCUT2D eigenvalue weighted by molar-refractivity contribution is -0.115. The molecule has 0 saturated heterocycles. The Morgan fingerprint density at radius 3 is 2.60 bits per heavy atom. The molecule has 2 aromatic heterocycles. The number of rotatable bonds is 5. The molecule has 1 aromatic carbocycles. The summed E-state index contributed by atoms with van der Waals surface area (Å²) in [4.78, 5) is 20.9. The van der Waals surface area contributed by atoms with E-state index < -0.39 is 0 Å². The van der Waals surface area contributed by atoms with Gasteiger partial charge in [0, 0.05) is 22.6 Å². The number of nitrogen functional groups attached to an aromatic ring is 1. The average molecular weight is 338 g/mol. The molecule has 0 aliphatic rings.